The van der Waals surface area contributed by atoms with Crippen molar-refractivity contribution >= 4 is 24.0 Å². The molecule has 2 amide bonds. The van der Waals surface area contributed by atoms with Gasteiger partial charge in [-0.2, -0.15) is 4.90 Å². The molecular weight excluding hydrogens is 390 g/mol. The molecule has 0 saturated carbocycles. The molecule has 9 nitrogen and oxygen atoms in total. The number of allylic oxidation sites excluding steroid dienone is 1. The Morgan fingerprint density at radius 2 is 1.47 bits per heavy atom. The third kappa shape index (κ3) is 11.4. The number of amidine groups is 1. The summed E-state index contributed by atoms with van der Waals surface area (Å²) in [5.74, 6) is -0.273. The fourth-order valence-electron chi connectivity index (χ4n) is 2.24. The lowest BCUT2D eigenvalue weighted by atomic mass is 10.1. The number of imide groups is 1. The largest absolute Gasteiger partial charge is 0.467 e. The maximum Gasteiger partial charge on any atom is 0.420 e. The molecule has 0 heterocycles. The zero-order valence-electron chi connectivity index (χ0n) is 19.7. The number of carbonyl (C=O) groups excluding carboxylic acids is 3. The zero-order valence-corrected chi connectivity index (χ0v) is 19.7. The van der Waals surface area contributed by atoms with Crippen molar-refractivity contribution < 1.29 is 28.6 Å². The SMILES string of the molecule is COC(=O)C(CC/C=C(/C)CN=C(C)N)N(C(=O)OC(C)(C)C)C(=O)OC(C)(C)C. The van der Waals surface area contributed by atoms with E-state index < -0.39 is 35.4 Å². The highest BCUT2D eigenvalue weighted by atomic mass is 16.6. The Morgan fingerprint density at radius 3 is 1.83 bits per heavy atom. The molecule has 0 aromatic rings. The average molecular weight is 428 g/mol. The number of methoxy groups -OCH3 is 1. The van der Waals surface area contributed by atoms with Gasteiger partial charge in [-0.1, -0.05) is 11.6 Å². The van der Waals surface area contributed by atoms with E-state index in [0.29, 0.717) is 23.7 Å². The second kappa shape index (κ2) is 11.6. The van der Waals surface area contributed by atoms with Gasteiger partial charge in [0.05, 0.1) is 19.5 Å². The lowest BCUT2D eigenvalue weighted by Gasteiger charge is -2.32. The molecule has 0 aromatic carbocycles. The summed E-state index contributed by atoms with van der Waals surface area (Å²) in [4.78, 5) is 42.8. The number of carbonyl (C=O) groups is 3. The van der Waals surface area contributed by atoms with Crippen LogP contribution >= 0.6 is 0 Å². The van der Waals surface area contributed by atoms with Crippen molar-refractivity contribution in [1.29, 1.82) is 0 Å². The van der Waals surface area contributed by atoms with E-state index in [1.807, 2.05) is 13.0 Å². The quantitative estimate of drug-likeness (QED) is 0.216. The maximum absolute atomic E-state index is 12.8. The molecule has 0 aliphatic carbocycles. The highest BCUT2D eigenvalue weighted by Crippen LogP contribution is 2.20. The van der Waals surface area contributed by atoms with Gasteiger partial charge in [0.1, 0.15) is 17.2 Å². The number of hydrogen-bond donors (Lipinski definition) is 1. The predicted molar refractivity (Wildman–Crippen MR) is 115 cm³/mol. The Morgan fingerprint density at radius 1 is 1.00 bits per heavy atom. The average Bonchev–Trinajstić information content (AvgIpc) is 2.54. The first-order valence-corrected chi connectivity index (χ1v) is 9.82. The standard InChI is InChI=1S/C21H37N3O6/c1-14(13-23-15(2)22)11-10-12-16(17(25)28-9)24(18(26)29-20(3,4)5)19(27)30-21(6,7)8/h11,16H,10,12-13H2,1-9H3,(H2,22,23)/b14-11-. The second-order valence-electron chi connectivity index (χ2n) is 8.96. The number of nitrogens with zero attached hydrogens (tertiary/aromatic N) is 2. The van der Waals surface area contributed by atoms with Crippen LogP contribution in [0, 0.1) is 0 Å². The van der Waals surface area contributed by atoms with E-state index >= 15 is 0 Å². The lowest BCUT2D eigenvalue weighted by molar-refractivity contribution is -0.146. The third-order valence-corrected chi connectivity index (χ3v) is 3.48. The fourth-order valence-corrected chi connectivity index (χ4v) is 2.24. The number of nitrogens with two attached hydrogens (primary N) is 1. The van der Waals surface area contributed by atoms with Gasteiger partial charge in [0.2, 0.25) is 0 Å². The monoisotopic (exact) mass is 427 g/mol. The highest BCUT2D eigenvalue weighted by Gasteiger charge is 2.40. The molecule has 1 unspecified atom stereocenters. The molecule has 0 saturated heterocycles. The zero-order chi connectivity index (χ0) is 23.7. The minimum absolute atomic E-state index is 0.133. The van der Waals surface area contributed by atoms with Crippen LogP contribution in [0.2, 0.25) is 0 Å². The van der Waals surface area contributed by atoms with Crippen LogP contribution in [0.3, 0.4) is 0 Å². The molecule has 30 heavy (non-hydrogen) atoms. The molecule has 0 spiro atoms. The minimum Gasteiger partial charge on any atom is -0.467 e. The summed E-state index contributed by atoms with van der Waals surface area (Å²) in [5, 5.41) is 0. The van der Waals surface area contributed by atoms with Gasteiger partial charge >= 0.3 is 18.2 Å². The normalized spacial score (nSPS) is 14.0. The van der Waals surface area contributed by atoms with Crippen molar-refractivity contribution in [2.75, 3.05) is 13.7 Å². The molecule has 172 valence electrons. The van der Waals surface area contributed by atoms with Gasteiger partial charge in [-0.05, 0) is 68.2 Å². The molecule has 0 fully saturated rings. The number of aliphatic imine (C=N–C) groups is 1. The van der Waals surface area contributed by atoms with E-state index in [1.165, 1.54) is 7.11 Å². The number of hydrogen-bond acceptors (Lipinski definition) is 7. The number of ether oxygens (including phenoxy) is 3. The molecule has 0 bridgehead atoms. The van der Waals surface area contributed by atoms with Gasteiger partial charge in [0.15, 0.2) is 0 Å². The summed E-state index contributed by atoms with van der Waals surface area (Å²) >= 11 is 0. The summed E-state index contributed by atoms with van der Waals surface area (Å²) in [6.07, 6.45) is 0.443. The molecular formula is C21H37N3O6. The van der Waals surface area contributed by atoms with E-state index in [4.69, 9.17) is 19.9 Å². The Labute approximate surface area is 179 Å². The molecule has 0 aromatic heterocycles. The molecule has 0 radical (unpaired) electrons. The molecule has 9 heteroatoms. The number of amides is 2. The van der Waals surface area contributed by atoms with Crippen LogP contribution in [-0.2, 0) is 19.0 Å². The van der Waals surface area contributed by atoms with E-state index in [9.17, 15) is 14.4 Å². The van der Waals surface area contributed by atoms with Crippen molar-refractivity contribution in [3.05, 3.63) is 11.6 Å². The first kappa shape index (κ1) is 27.4. The van der Waals surface area contributed by atoms with Gasteiger partial charge in [-0.25, -0.2) is 14.4 Å². The van der Waals surface area contributed by atoms with Crippen LogP contribution in [0.15, 0.2) is 16.6 Å². The van der Waals surface area contributed by atoms with Crippen molar-refractivity contribution in [2.45, 2.75) is 85.5 Å². The first-order chi connectivity index (χ1) is 13.6. The van der Waals surface area contributed by atoms with Crippen molar-refractivity contribution in [3.8, 4) is 0 Å². The summed E-state index contributed by atoms with van der Waals surface area (Å²) < 4.78 is 15.5. The summed E-state index contributed by atoms with van der Waals surface area (Å²) in [7, 11) is 1.19. The van der Waals surface area contributed by atoms with Crippen LogP contribution in [0.4, 0.5) is 9.59 Å². The van der Waals surface area contributed by atoms with E-state index in [-0.39, 0.29) is 6.42 Å². The van der Waals surface area contributed by atoms with E-state index in [2.05, 4.69) is 4.99 Å². The van der Waals surface area contributed by atoms with Gasteiger partial charge in [0, 0.05) is 0 Å². The highest BCUT2D eigenvalue weighted by molar-refractivity contribution is 5.94. The van der Waals surface area contributed by atoms with Gasteiger partial charge in [-0.15, -0.1) is 0 Å². The van der Waals surface area contributed by atoms with E-state index in [1.54, 1.807) is 48.5 Å². The smallest absolute Gasteiger partial charge is 0.420 e. The molecule has 0 rings (SSSR count). The molecule has 0 aliphatic heterocycles. The summed E-state index contributed by atoms with van der Waals surface area (Å²) in [5.41, 5.74) is 4.73. The van der Waals surface area contributed by atoms with Crippen molar-refractivity contribution in [1.82, 2.24) is 4.90 Å². The van der Waals surface area contributed by atoms with Crippen LogP contribution in [0.1, 0.15) is 68.2 Å². The topological polar surface area (TPSA) is 121 Å². The van der Waals surface area contributed by atoms with E-state index in [0.717, 1.165) is 5.57 Å². The fraction of sp³-hybridized carbons (Fsp3) is 0.714. The first-order valence-electron chi connectivity index (χ1n) is 9.82. The Balaban J connectivity index is 5.75. The molecule has 0 aliphatic rings. The Kier molecular flexibility index (Phi) is 10.6. The van der Waals surface area contributed by atoms with Crippen LogP contribution < -0.4 is 5.73 Å². The number of esters is 1. The maximum atomic E-state index is 12.8. The third-order valence-electron chi connectivity index (χ3n) is 3.48. The molecule has 1 atom stereocenters. The lowest BCUT2D eigenvalue weighted by Crippen LogP contribution is -2.52. The summed E-state index contributed by atoms with van der Waals surface area (Å²) in [6, 6.07) is -1.21. The predicted octanol–water partition coefficient (Wildman–Crippen LogP) is 3.80. The second-order valence-corrected chi connectivity index (χ2v) is 8.96. The Hall–Kier alpha value is -2.58. The molecule has 2 N–H and O–H groups in total. The van der Waals surface area contributed by atoms with Gasteiger partial charge < -0.3 is 19.9 Å². The Bertz CT molecular complexity index is 639. The van der Waals surface area contributed by atoms with Gasteiger partial charge in [-0.3, -0.25) is 4.99 Å². The minimum atomic E-state index is -1.21. The summed E-state index contributed by atoms with van der Waals surface area (Å²) in [6.45, 7) is 14.0. The number of rotatable bonds is 7. The van der Waals surface area contributed by atoms with Crippen LogP contribution in [0.25, 0.3) is 0 Å². The van der Waals surface area contributed by atoms with Gasteiger partial charge in [0.25, 0.3) is 0 Å². The van der Waals surface area contributed by atoms with Crippen molar-refractivity contribution in [3.63, 3.8) is 0 Å². The van der Waals surface area contributed by atoms with Crippen LogP contribution in [0.5, 0.6) is 0 Å². The van der Waals surface area contributed by atoms with Crippen molar-refractivity contribution in [2.24, 2.45) is 10.7 Å². The van der Waals surface area contributed by atoms with Crippen LogP contribution in [-0.4, -0.2) is 59.8 Å².